The van der Waals surface area contributed by atoms with Crippen molar-refractivity contribution in [1.29, 1.82) is 0 Å². The molecule has 3 rings (SSSR count). The maximum Gasteiger partial charge on any atom is 0.253 e. The van der Waals surface area contributed by atoms with Crippen LogP contribution in [0.15, 0.2) is 29.0 Å². The van der Waals surface area contributed by atoms with Crippen LogP contribution in [0.2, 0.25) is 0 Å². The molecule has 0 aromatic carbocycles. The molecule has 21 heavy (non-hydrogen) atoms. The molecule has 110 valence electrons. The predicted molar refractivity (Wildman–Crippen MR) is 75.8 cm³/mol. The zero-order valence-electron chi connectivity index (χ0n) is 12.0. The lowest BCUT2D eigenvalue weighted by atomic mass is 9.97. The van der Waals surface area contributed by atoms with Crippen molar-refractivity contribution < 1.29 is 9.32 Å². The second-order valence-electron chi connectivity index (χ2n) is 5.23. The Hall–Kier alpha value is -2.24. The normalized spacial score (nSPS) is 18.7. The minimum atomic E-state index is 0.0392. The number of amides is 1. The van der Waals surface area contributed by atoms with Gasteiger partial charge in [-0.3, -0.25) is 9.78 Å². The van der Waals surface area contributed by atoms with Gasteiger partial charge in [0.1, 0.15) is 0 Å². The summed E-state index contributed by atoms with van der Waals surface area (Å²) in [5, 5.41) is 3.94. The minimum Gasteiger partial charge on any atom is -0.339 e. The van der Waals surface area contributed by atoms with Gasteiger partial charge in [0.05, 0.1) is 5.92 Å². The van der Waals surface area contributed by atoms with Crippen molar-refractivity contribution in [3.05, 3.63) is 41.8 Å². The van der Waals surface area contributed by atoms with Gasteiger partial charge in [-0.15, -0.1) is 0 Å². The highest BCUT2D eigenvalue weighted by Gasteiger charge is 2.28. The highest BCUT2D eigenvalue weighted by Crippen LogP contribution is 2.26. The fraction of sp³-hybridized carbons (Fsp3) is 0.467. The lowest BCUT2D eigenvalue weighted by Gasteiger charge is -2.31. The van der Waals surface area contributed by atoms with Gasteiger partial charge in [-0.05, 0) is 25.0 Å². The van der Waals surface area contributed by atoms with Crippen molar-refractivity contribution in [1.82, 2.24) is 20.0 Å². The topological polar surface area (TPSA) is 72.1 Å². The van der Waals surface area contributed by atoms with Gasteiger partial charge in [0, 0.05) is 37.5 Å². The summed E-state index contributed by atoms with van der Waals surface area (Å²) in [4.78, 5) is 22.7. The third-order valence-corrected chi connectivity index (χ3v) is 3.79. The Bertz CT molecular complexity index is 611. The summed E-state index contributed by atoms with van der Waals surface area (Å²) in [6.45, 7) is 3.40. The largest absolute Gasteiger partial charge is 0.339 e. The summed E-state index contributed by atoms with van der Waals surface area (Å²) in [5.74, 6) is 1.55. The summed E-state index contributed by atoms with van der Waals surface area (Å²) in [5.41, 5.74) is 0.672. The number of rotatable bonds is 3. The van der Waals surface area contributed by atoms with E-state index in [4.69, 9.17) is 4.52 Å². The van der Waals surface area contributed by atoms with Gasteiger partial charge in [0.25, 0.3) is 5.91 Å². The molecule has 0 N–H and O–H groups in total. The molecular formula is C15H18N4O2. The molecule has 1 saturated heterocycles. The molecule has 0 radical (unpaired) electrons. The van der Waals surface area contributed by atoms with E-state index < -0.39 is 0 Å². The number of hydrogen-bond acceptors (Lipinski definition) is 5. The molecule has 1 aliphatic heterocycles. The first kappa shape index (κ1) is 13.7. The number of aryl methyl sites for hydroxylation is 1. The van der Waals surface area contributed by atoms with Crippen molar-refractivity contribution in [2.24, 2.45) is 0 Å². The lowest BCUT2D eigenvalue weighted by molar-refractivity contribution is 0.0695. The van der Waals surface area contributed by atoms with Crippen LogP contribution < -0.4 is 0 Å². The summed E-state index contributed by atoms with van der Waals surface area (Å²) < 4.78 is 5.32. The average molecular weight is 286 g/mol. The highest BCUT2D eigenvalue weighted by molar-refractivity contribution is 5.94. The van der Waals surface area contributed by atoms with Crippen LogP contribution in [0.1, 0.15) is 47.8 Å². The first-order valence-corrected chi connectivity index (χ1v) is 7.29. The Morgan fingerprint density at radius 1 is 1.43 bits per heavy atom. The molecule has 1 fully saturated rings. The van der Waals surface area contributed by atoms with Crippen LogP contribution >= 0.6 is 0 Å². The van der Waals surface area contributed by atoms with E-state index in [1.165, 1.54) is 0 Å². The fourth-order valence-electron chi connectivity index (χ4n) is 2.62. The molecule has 0 bridgehead atoms. The number of likely N-dealkylation sites (tertiary alicyclic amines) is 1. The van der Waals surface area contributed by atoms with Gasteiger partial charge in [-0.1, -0.05) is 12.1 Å². The van der Waals surface area contributed by atoms with Crippen molar-refractivity contribution in [3.63, 3.8) is 0 Å². The van der Waals surface area contributed by atoms with Gasteiger partial charge in [-0.2, -0.15) is 4.98 Å². The van der Waals surface area contributed by atoms with Crippen LogP contribution in [0.4, 0.5) is 0 Å². The lowest BCUT2D eigenvalue weighted by Crippen LogP contribution is -2.39. The molecular weight excluding hydrogens is 268 g/mol. The van der Waals surface area contributed by atoms with E-state index in [2.05, 4.69) is 15.1 Å². The smallest absolute Gasteiger partial charge is 0.253 e. The van der Waals surface area contributed by atoms with E-state index in [0.29, 0.717) is 18.0 Å². The number of carbonyl (C=O) groups is 1. The van der Waals surface area contributed by atoms with Crippen molar-refractivity contribution in [3.8, 4) is 0 Å². The number of nitrogens with zero attached hydrogens (tertiary/aromatic N) is 4. The number of pyridine rings is 1. The van der Waals surface area contributed by atoms with Crippen LogP contribution in [0, 0.1) is 0 Å². The van der Waals surface area contributed by atoms with Crippen molar-refractivity contribution in [2.75, 3.05) is 13.1 Å². The standard InChI is InChI=1S/C15H18N4O2/c1-2-13-17-14(21-18-13)12-4-3-9-19(10-12)15(20)11-5-7-16-8-6-11/h5-8,12H,2-4,9-10H2,1H3. The second kappa shape index (κ2) is 6.03. The van der Waals surface area contributed by atoms with Gasteiger partial charge in [0.2, 0.25) is 5.89 Å². The van der Waals surface area contributed by atoms with Gasteiger partial charge in [0.15, 0.2) is 5.82 Å². The fourth-order valence-corrected chi connectivity index (χ4v) is 2.62. The van der Waals surface area contributed by atoms with Crippen LogP contribution in [-0.2, 0) is 6.42 Å². The molecule has 0 spiro atoms. The van der Waals surface area contributed by atoms with Crippen molar-refractivity contribution >= 4 is 5.91 Å². The second-order valence-corrected chi connectivity index (χ2v) is 5.23. The van der Waals surface area contributed by atoms with E-state index in [-0.39, 0.29) is 11.8 Å². The molecule has 0 aliphatic carbocycles. The minimum absolute atomic E-state index is 0.0392. The molecule has 1 aliphatic rings. The molecule has 1 unspecified atom stereocenters. The number of aromatic nitrogens is 3. The molecule has 0 saturated carbocycles. The Morgan fingerprint density at radius 2 is 2.24 bits per heavy atom. The first-order valence-electron chi connectivity index (χ1n) is 7.29. The quantitative estimate of drug-likeness (QED) is 0.863. The average Bonchev–Trinajstić information content (AvgIpc) is 3.04. The summed E-state index contributed by atoms with van der Waals surface area (Å²) in [7, 11) is 0. The summed E-state index contributed by atoms with van der Waals surface area (Å²) in [6.07, 6.45) is 5.97. The number of piperidine rings is 1. The molecule has 3 heterocycles. The zero-order valence-corrected chi connectivity index (χ0v) is 12.0. The van der Waals surface area contributed by atoms with Gasteiger partial charge in [-0.25, -0.2) is 0 Å². The van der Waals surface area contributed by atoms with Crippen molar-refractivity contribution in [2.45, 2.75) is 32.1 Å². The monoisotopic (exact) mass is 286 g/mol. The van der Waals surface area contributed by atoms with E-state index in [1.807, 2.05) is 11.8 Å². The molecule has 1 amide bonds. The van der Waals surface area contributed by atoms with Crippen LogP contribution in [0.25, 0.3) is 0 Å². The Morgan fingerprint density at radius 3 is 2.95 bits per heavy atom. The highest BCUT2D eigenvalue weighted by atomic mass is 16.5. The van der Waals surface area contributed by atoms with Crippen LogP contribution in [0.5, 0.6) is 0 Å². The zero-order chi connectivity index (χ0) is 14.7. The SMILES string of the molecule is CCc1noc(C2CCCN(C(=O)c3ccncc3)C2)n1. The molecule has 6 nitrogen and oxygen atoms in total. The Kier molecular flexibility index (Phi) is 3.94. The third-order valence-electron chi connectivity index (χ3n) is 3.79. The summed E-state index contributed by atoms with van der Waals surface area (Å²) in [6, 6.07) is 3.49. The molecule has 6 heteroatoms. The van der Waals surface area contributed by atoms with E-state index in [1.54, 1.807) is 24.5 Å². The summed E-state index contributed by atoms with van der Waals surface area (Å²) >= 11 is 0. The van der Waals surface area contributed by atoms with Crippen LogP contribution in [-0.4, -0.2) is 39.0 Å². The van der Waals surface area contributed by atoms with Crippen LogP contribution in [0.3, 0.4) is 0 Å². The third kappa shape index (κ3) is 2.94. The molecule has 1 atom stereocenters. The van der Waals surface area contributed by atoms with E-state index in [0.717, 1.165) is 31.6 Å². The molecule has 2 aromatic rings. The van der Waals surface area contributed by atoms with E-state index >= 15 is 0 Å². The number of carbonyl (C=O) groups excluding carboxylic acids is 1. The Labute approximate surface area is 123 Å². The predicted octanol–water partition coefficient (Wildman–Crippen LogP) is 2.05. The van der Waals surface area contributed by atoms with E-state index in [9.17, 15) is 4.79 Å². The first-order chi connectivity index (χ1) is 10.3. The Balaban J connectivity index is 1.72. The maximum absolute atomic E-state index is 12.5. The molecule has 2 aromatic heterocycles. The maximum atomic E-state index is 12.5. The van der Waals surface area contributed by atoms with Gasteiger partial charge >= 0.3 is 0 Å². The van der Waals surface area contributed by atoms with Gasteiger partial charge < -0.3 is 9.42 Å². The number of hydrogen-bond donors (Lipinski definition) is 0.